The molecule has 0 saturated heterocycles. The van der Waals surface area contributed by atoms with Crippen LogP contribution < -0.4 is 10.1 Å². The SMILES string of the molecule is CCNc1cccc(CCCCCC[C@H](CC(=O)O)c2ccc(OCC)nc2)n1. The molecule has 0 unspecified atom stereocenters. The van der Waals surface area contributed by atoms with Gasteiger partial charge in [-0.25, -0.2) is 9.97 Å². The number of carboxylic acids is 1. The van der Waals surface area contributed by atoms with Gasteiger partial charge in [-0.3, -0.25) is 4.79 Å². The maximum Gasteiger partial charge on any atom is 0.303 e. The van der Waals surface area contributed by atoms with E-state index in [2.05, 4.69) is 28.3 Å². The van der Waals surface area contributed by atoms with Crippen LogP contribution in [0.2, 0.25) is 0 Å². The van der Waals surface area contributed by atoms with Crippen LogP contribution in [-0.2, 0) is 11.2 Å². The number of hydrogen-bond donors (Lipinski definition) is 2. The Balaban J connectivity index is 1.75. The number of hydrogen-bond acceptors (Lipinski definition) is 5. The van der Waals surface area contributed by atoms with Crippen molar-refractivity contribution in [1.29, 1.82) is 0 Å². The Bertz CT molecular complexity index is 734. The molecule has 0 spiro atoms. The van der Waals surface area contributed by atoms with Crippen LogP contribution in [0.25, 0.3) is 0 Å². The molecule has 0 radical (unpaired) electrons. The molecule has 2 rings (SSSR count). The Kier molecular flexibility index (Phi) is 9.96. The molecule has 29 heavy (non-hydrogen) atoms. The van der Waals surface area contributed by atoms with Gasteiger partial charge in [0.25, 0.3) is 0 Å². The largest absolute Gasteiger partial charge is 0.481 e. The number of carbonyl (C=O) groups is 1. The molecule has 2 aromatic heterocycles. The molecule has 0 bridgehead atoms. The third-order valence-corrected chi connectivity index (χ3v) is 4.84. The summed E-state index contributed by atoms with van der Waals surface area (Å²) in [4.78, 5) is 20.1. The summed E-state index contributed by atoms with van der Waals surface area (Å²) in [7, 11) is 0. The van der Waals surface area contributed by atoms with Crippen molar-refractivity contribution in [3.8, 4) is 5.88 Å². The highest BCUT2D eigenvalue weighted by atomic mass is 16.5. The van der Waals surface area contributed by atoms with E-state index < -0.39 is 5.97 Å². The van der Waals surface area contributed by atoms with Crippen molar-refractivity contribution < 1.29 is 14.6 Å². The van der Waals surface area contributed by atoms with E-state index in [0.29, 0.717) is 12.5 Å². The summed E-state index contributed by atoms with van der Waals surface area (Å²) in [6, 6.07) is 9.87. The van der Waals surface area contributed by atoms with Crippen LogP contribution in [0.4, 0.5) is 5.82 Å². The molecule has 6 heteroatoms. The zero-order chi connectivity index (χ0) is 20.9. The van der Waals surface area contributed by atoms with Crippen LogP contribution in [0, 0.1) is 0 Å². The number of rotatable bonds is 14. The second kappa shape index (κ2) is 12.8. The van der Waals surface area contributed by atoms with Gasteiger partial charge in [0.1, 0.15) is 5.82 Å². The standard InChI is InChI=1S/C23H33N3O3/c1-3-24-21-13-9-12-20(26-21)11-8-6-5-7-10-18(16-23(27)28)19-14-15-22(25-17-19)29-4-2/h9,12-15,17-18H,3-8,10-11,16H2,1-2H3,(H,24,26)(H,27,28)/t18-/m1/s1. The van der Waals surface area contributed by atoms with E-state index >= 15 is 0 Å². The molecular weight excluding hydrogens is 366 g/mol. The van der Waals surface area contributed by atoms with E-state index in [1.807, 2.05) is 31.2 Å². The first kappa shape index (κ1) is 22.7. The number of anilines is 1. The number of unbranched alkanes of at least 4 members (excludes halogenated alkanes) is 3. The summed E-state index contributed by atoms with van der Waals surface area (Å²) in [6.45, 7) is 5.42. The van der Waals surface area contributed by atoms with E-state index in [4.69, 9.17) is 4.74 Å². The van der Waals surface area contributed by atoms with Crippen molar-refractivity contribution in [1.82, 2.24) is 9.97 Å². The zero-order valence-corrected chi connectivity index (χ0v) is 17.6. The van der Waals surface area contributed by atoms with Gasteiger partial charge in [0, 0.05) is 24.5 Å². The lowest BCUT2D eigenvalue weighted by Crippen LogP contribution is -2.07. The molecule has 2 N–H and O–H groups in total. The number of aromatic nitrogens is 2. The highest BCUT2D eigenvalue weighted by molar-refractivity contribution is 5.68. The third kappa shape index (κ3) is 8.50. The monoisotopic (exact) mass is 399 g/mol. The van der Waals surface area contributed by atoms with Gasteiger partial charge in [-0.1, -0.05) is 31.4 Å². The Labute approximate surface area is 173 Å². The molecule has 0 aliphatic heterocycles. The number of ether oxygens (including phenoxy) is 1. The summed E-state index contributed by atoms with van der Waals surface area (Å²) < 4.78 is 5.37. The van der Waals surface area contributed by atoms with Crippen molar-refractivity contribution in [2.24, 2.45) is 0 Å². The van der Waals surface area contributed by atoms with Gasteiger partial charge in [0.15, 0.2) is 0 Å². The van der Waals surface area contributed by atoms with E-state index in [1.54, 1.807) is 6.20 Å². The van der Waals surface area contributed by atoms with Crippen LogP contribution in [0.5, 0.6) is 5.88 Å². The van der Waals surface area contributed by atoms with Gasteiger partial charge in [0.05, 0.1) is 13.0 Å². The number of nitrogens with one attached hydrogen (secondary N) is 1. The quantitative estimate of drug-likeness (QED) is 0.432. The number of aryl methyl sites for hydroxylation is 1. The molecule has 0 aliphatic rings. The maximum atomic E-state index is 11.3. The Morgan fingerprint density at radius 3 is 2.66 bits per heavy atom. The molecule has 0 amide bonds. The lowest BCUT2D eigenvalue weighted by atomic mass is 9.91. The van der Waals surface area contributed by atoms with Crippen molar-refractivity contribution >= 4 is 11.8 Å². The maximum absolute atomic E-state index is 11.3. The van der Waals surface area contributed by atoms with Crippen molar-refractivity contribution in [3.05, 3.63) is 47.8 Å². The highest BCUT2D eigenvalue weighted by Crippen LogP contribution is 2.27. The average molecular weight is 400 g/mol. The average Bonchev–Trinajstić information content (AvgIpc) is 2.71. The van der Waals surface area contributed by atoms with Crippen LogP contribution >= 0.6 is 0 Å². The first-order valence-corrected chi connectivity index (χ1v) is 10.6. The number of carboxylic acid groups (broad SMARTS) is 1. The molecular formula is C23H33N3O3. The van der Waals surface area contributed by atoms with Gasteiger partial charge in [-0.05, 0) is 56.7 Å². The fourth-order valence-electron chi connectivity index (χ4n) is 3.41. The summed E-state index contributed by atoms with van der Waals surface area (Å²) in [5, 5.41) is 12.5. The van der Waals surface area contributed by atoms with E-state index in [1.165, 1.54) is 0 Å². The van der Waals surface area contributed by atoms with Crippen molar-refractivity contribution in [2.75, 3.05) is 18.5 Å². The van der Waals surface area contributed by atoms with Crippen LogP contribution in [-0.4, -0.2) is 34.2 Å². The first-order chi connectivity index (χ1) is 14.1. The molecule has 1 atom stereocenters. The lowest BCUT2D eigenvalue weighted by Gasteiger charge is -2.15. The van der Waals surface area contributed by atoms with E-state index in [0.717, 1.165) is 62.1 Å². The minimum Gasteiger partial charge on any atom is -0.481 e. The summed E-state index contributed by atoms with van der Waals surface area (Å²) in [5.74, 6) is 0.743. The minimum atomic E-state index is -0.768. The summed E-state index contributed by atoms with van der Waals surface area (Å²) in [5.41, 5.74) is 2.09. The first-order valence-electron chi connectivity index (χ1n) is 10.6. The second-order valence-electron chi connectivity index (χ2n) is 7.15. The minimum absolute atomic E-state index is 0.00542. The van der Waals surface area contributed by atoms with Crippen molar-refractivity contribution in [2.45, 2.75) is 64.7 Å². The molecule has 0 fully saturated rings. The van der Waals surface area contributed by atoms with Gasteiger partial charge in [0.2, 0.25) is 5.88 Å². The molecule has 0 aromatic carbocycles. The fourth-order valence-corrected chi connectivity index (χ4v) is 3.41. The van der Waals surface area contributed by atoms with E-state index in [-0.39, 0.29) is 12.3 Å². The van der Waals surface area contributed by atoms with Crippen LogP contribution in [0.15, 0.2) is 36.5 Å². The summed E-state index contributed by atoms with van der Waals surface area (Å²) >= 11 is 0. The second-order valence-corrected chi connectivity index (χ2v) is 7.15. The number of nitrogens with zero attached hydrogens (tertiary/aromatic N) is 2. The molecule has 2 aromatic rings. The molecule has 158 valence electrons. The van der Waals surface area contributed by atoms with Gasteiger partial charge < -0.3 is 15.2 Å². The van der Waals surface area contributed by atoms with Gasteiger partial charge >= 0.3 is 5.97 Å². The smallest absolute Gasteiger partial charge is 0.303 e. The summed E-state index contributed by atoms with van der Waals surface area (Å²) in [6.07, 6.45) is 8.03. The Hall–Kier alpha value is -2.63. The lowest BCUT2D eigenvalue weighted by molar-refractivity contribution is -0.137. The molecule has 2 heterocycles. The number of pyridine rings is 2. The van der Waals surface area contributed by atoms with Gasteiger partial charge in [-0.2, -0.15) is 0 Å². The van der Waals surface area contributed by atoms with Gasteiger partial charge in [-0.15, -0.1) is 0 Å². The molecule has 0 saturated carbocycles. The van der Waals surface area contributed by atoms with Crippen LogP contribution in [0.3, 0.4) is 0 Å². The van der Waals surface area contributed by atoms with Crippen molar-refractivity contribution in [3.63, 3.8) is 0 Å². The Morgan fingerprint density at radius 2 is 1.97 bits per heavy atom. The highest BCUT2D eigenvalue weighted by Gasteiger charge is 2.16. The Morgan fingerprint density at radius 1 is 1.14 bits per heavy atom. The van der Waals surface area contributed by atoms with E-state index in [9.17, 15) is 9.90 Å². The predicted molar refractivity (Wildman–Crippen MR) is 116 cm³/mol. The predicted octanol–water partition coefficient (Wildman–Crippen LogP) is 5.06. The molecule has 0 aliphatic carbocycles. The van der Waals surface area contributed by atoms with Crippen LogP contribution in [0.1, 0.15) is 69.5 Å². The normalized spacial score (nSPS) is 11.8. The zero-order valence-electron chi connectivity index (χ0n) is 17.6. The third-order valence-electron chi connectivity index (χ3n) is 4.84. The topological polar surface area (TPSA) is 84.3 Å². The fraction of sp³-hybridized carbons (Fsp3) is 0.522. The molecule has 6 nitrogen and oxygen atoms in total. The number of aliphatic carboxylic acids is 1.